The fraction of sp³-hybridized carbons (Fsp3) is 0.600. The molecule has 4 aliphatic heterocycles. The number of fused-ring (bicyclic) bond motifs is 4. The first-order valence-electron chi connectivity index (χ1n) is 15.7. The van der Waals surface area contributed by atoms with E-state index in [2.05, 4.69) is 30.5 Å². The lowest BCUT2D eigenvalue weighted by Crippen LogP contribution is -2.37. The van der Waals surface area contributed by atoms with Crippen molar-refractivity contribution in [1.29, 1.82) is 0 Å². The van der Waals surface area contributed by atoms with Crippen LogP contribution in [0.4, 0.5) is 0 Å². The number of aryl methyl sites for hydroxylation is 1. The Hall–Kier alpha value is -3.01. The van der Waals surface area contributed by atoms with Crippen molar-refractivity contribution >= 4 is 18.0 Å². The molecule has 1 aromatic heterocycles. The molecule has 5 heterocycles. The molecule has 3 fully saturated rings. The van der Waals surface area contributed by atoms with Gasteiger partial charge in [0.05, 0.1) is 17.8 Å². The molecule has 3 saturated heterocycles. The van der Waals surface area contributed by atoms with Crippen molar-refractivity contribution in [3.8, 4) is 0 Å². The highest BCUT2D eigenvalue weighted by Crippen LogP contribution is 2.43. The number of oxazole rings is 1. The Morgan fingerprint density at radius 3 is 2.66 bits per heavy atom. The van der Waals surface area contributed by atoms with Gasteiger partial charge in [0, 0.05) is 32.3 Å². The molecule has 0 aliphatic carbocycles. The van der Waals surface area contributed by atoms with Crippen LogP contribution in [0.25, 0.3) is 6.08 Å². The first kappa shape index (κ1) is 32.4. The molecule has 4 aliphatic rings. The molecule has 0 aromatic carbocycles. The number of carbonyl (C=O) groups is 2. The zero-order valence-electron chi connectivity index (χ0n) is 26.9. The van der Waals surface area contributed by atoms with Crippen molar-refractivity contribution in [2.75, 3.05) is 7.11 Å². The van der Waals surface area contributed by atoms with Gasteiger partial charge in [-0.3, -0.25) is 4.79 Å². The predicted molar refractivity (Wildman–Crippen MR) is 164 cm³/mol. The Morgan fingerprint density at radius 2 is 1.93 bits per heavy atom. The summed E-state index contributed by atoms with van der Waals surface area (Å²) in [6.45, 7) is 12.0. The SMILES string of the molecule is CO[C@@H](/C(C)=C/C=C/C(C)=C/c1coc(C)n1)[C@@H](C)[C@@H]1C[CH][C@]2(C)O[C@@H]2/C=C/[C@@H](C)[C@H]2C[C@H](CC(=O)O2)C[C@H]2O[C@H]2C(=O)O1. The highest BCUT2D eigenvalue weighted by atomic mass is 16.6. The zero-order chi connectivity index (χ0) is 31.6. The second kappa shape index (κ2) is 13.5. The van der Waals surface area contributed by atoms with E-state index in [-0.39, 0.29) is 54.1 Å². The summed E-state index contributed by atoms with van der Waals surface area (Å²) in [5.74, 6) is 0.0886. The molecule has 2 bridgehead atoms. The van der Waals surface area contributed by atoms with E-state index in [9.17, 15) is 9.59 Å². The summed E-state index contributed by atoms with van der Waals surface area (Å²) < 4.78 is 34.9. The van der Waals surface area contributed by atoms with Crippen LogP contribution in [0.2, 0.25) is 0 Å². The third kappa shape index (κ3) is 7.98. The number of methoxy groups -OCH3 is 1. The van der Waals surface area contributed by atoms with Crippen LogP contribution in [-0.4, -0.2) is 66.3 Å². The van der Waals surface area contributed by atoms with Crippen molar-refractivity contribution < 1.29 is 37.7 Å². The van der Waals surface area contributed by atoms with Gasteiger partial charge >= 0.3 is 11.9 Å². The fourth-order valence-electron chi connectivity index (χ4n) is 6.43. The van der Waals surface area contributed by atoms with Crippen LogP contribution in [-0.2, 0) is 33.3 Å². The smallest absolute Gasteiger partial charge is 0.338 e. The van der Waals surface area contributed by atoms with Gasteiger partial charge in [-0.15, -0.1) is 0 Å². The third-order valence-corrected chi connectivity index (χ3v) is 9.27. The van der Waals surface area contributed by atoms with E-state index in [1.165, 1.54) is 0 Å². The molecular weight excluding hydrogens is 562 g/mol. The maximum absolute atomic E-state index is 13.3. The average molecular weight is 609 g/mol. The number of esters is 2. The molecule has 9 heteroatoms. The molecule has 0 spiro atoms. The van der Waals surface area contributed by atoms with E-state index in [0.29, 0.717) is 25.2 Å². The van der Waals surface area contributed by atoms with E-state index in [0.717, 1.165) is 23.3 Å². The van der Waals surface area contributed by atoms with E-state index in [1.54, 1.807) is 13.4 Å². The van der Waals surface area contributed by atoms with Gasteiger partial charge < -0.3 is 28.1 Å². The standard InChI is InChI=1S/C35H46NO8/c1-20(15-26-19-40-24(5)36-26)9-8-10-22(3)32(39-7)23(4)27-13-14-35(6)30(44-35)12-11-21(2)28-16-25(18-31(37)41-28)17-29-33(42-29)34(38)43-27/h8-12,14-15,19,21,23,25,27-30,32-33H,13,16-18H2,1-7H3/b9-8+,12-11+,20-15+,22-10+/t21-,23+,25+,27+,28-,29-,30-,32+,33-,35+/m1/s1. The number of epoxide rings is 2. The van der Waals surface area contributed by atoms with Gasteiger partial charge in [0.25, 0.3) is 0 Å². The molecule has 9 nitrogen and oxygen atoms in total. The molecule has 239 valence electrons. The number of hydrogen-bond donors (Lipinski definition) is 0. The van der Waals surface area contributed by atoms with E-state index in [1.807, 2.05) is 58.9 Å². The average Bonchev–Trinajstić information content (AvgIpc) is 3.83. The molecule has 1 radical (unpaired) electrons. The number of rotatable bonds is 7. The highest BCUT2D eigenvalue weighted by molar-refractivity contribution is 5.78. The van der Waals surface area contributed by atoms with E-state index in [4.69, 9.17) is 28.1 Å². The third-order valence-electron chi connectivity index (χ3n) is 9.27. The van der Waals surface area contributed by atoms with Crippen LogP contribution in [0.15, 0.2) is 52.2 Å². The second-order valence-electron chi connectivity index (χ2n) is 13.0. The number of carbonyl (C=O) groups excluding carboxylic acids is 2. The lowest BCUT2D eigenvalue weighted by molar-refractivity contribution is -0.159. The Balaban J connectivity index is 1.30. The summed E-state index contributed by atoms with van der Waals surface area (Å²) in [6.07, 6.45) is 16.2. The number of ether oxygens (including phenoxy) is 5. The normalized spacial score (nSPS) is 36.9. The van der Waals surface area contributed by atoms with Crippen LogP contribution in [0.5, 0.6) is 0 Å². The van der Waals surface area contributed by atoms with Gasteiger partial charge in [-0.05, 0) is 69.6 Å². The van der Waals surface area contributed by atoms with Gasteiger partial charge in [0.15, 0.2) is 12.0 Å². The summed E-state index contributed by atoms with van der Waals surface area (Å²) in [5.41, 5.74) is 2.35. The Morgan fingerprint density at radius 1 is 1.16 bits per heavy atom. The van der Waals surface area contributed by atoms with Crippen molar-refractivity contribution in [1.82, 2.24) is 4.98 Å². The monoisotopic (exact) mass is 608 g/mol. The van der Waals surface area contributed by atoms with Crippen molar-refractivity contribution in [2.45, 2.75) is 109 Å². The van der Waals surface area contributed by atoms with Crippen LogP contribution >= 0.6 is 0 Å². The highest BCUT2D eigenvalue weighted by Gasteiger charge is 2.53. The van der Waals surface area contributed by atoms with Gasteiger partial charge in [-0.25, -0.2) is 9.78 Å². The first-order valence-corrected chi connectivity index (χ1v) is 15.7. The summed E-state index contributed by atoms with van der Waals surface area (Å²) in [7, 11) is 1.68. The zero-order valence-corrected chi connectivity index (χ0v) is 26.9. The van der Waals surface area contributed by atoms with Crippen molar-refractivity contribution in [3.63, 3.8) is 0 Å². The maximum atomic E-state index is 13.3. The topological polar surface area (TPSA) is 113 Å². The molecule has 0 N–H and O–H groups in total. The van der Waals surface area contributed by atoms with Crippen molar-refractivity contribution in [2.24, 2.45) is 17.8 Å². The van der Waals surface area contributed by atoms with E-state index < -0.39 is 17.8 Å². The maximum Gasteiger partial charge on any atom is 0.338 e. The Labute approximate surface area is 260 Å². The summed E-state index contributed by atoms with van der Waals surface area (Å²) in [4.78, 5) is 30.0. The van der Waals surface area contributed by atoms with Gasteiger partial charge in [-0.1, -0.05) is 44.2 Å². The molecule has 10 atom stereocenters. The predicted octanol–water partition coefficient (Wildman–Crippen LogP) is 5.89. The first-order chi connectivity index (χ1) is 21.0. The fourth-order valence-corrected chi connectivity index (χ4v) is 6.43. The molecule has 44 heavy (non-hydrogen) atoms. The molecule has 5 rings (SSSR count). The quantitative estimate of drug-likeness (QED) is 0.162. The number of aromatic nitrogens is 1. The summed E-state index contributed by atoms with van der Waals surface area (Å²) in [6, 6.07) is 0. The van der Waals surface area contributed by atoms with Gasteiger partial charge in [0.1, 0.15) is 30.3 Å². The Kier molecular flexibility index (Phi) is 9.97. The van der Waals surface area contributed by atoms with Crippen LogP contribution < -0.4 is 0 Å². The Bertz CT molecular complexity index is 1330. The minimum absolute atomic E-state index is 0.0637. The summed E-state index contributed by atoms with van der Waals surface area (Å²) >= 11 is 0. The lowest BCUT2D eigenvalue weighted by atomic mass is 9.85. The van der Waals surface area contributed by atoms with Crippen LogP contribution in [0.1, 0.15) is 71.9 Å². The number of nitrogens with zero attached hydrogens (tertiary/aromatic N) is 1. The number of allylic oxidation sites excluding steroid dienone is 4. The van der Waals surface area contributed by atoms with Crippen LogP contribution in [0, 0.1) is 31.1 Å². The molecule has 0 saturated carbocycles. The minimum Gasteiger partial charge on any atom is -0.462 e. The van der Waals surface area contributed by atoms with Crippen LogP contribution in [0.3, 0.4) is 0 Å². The summed E-state index contributed by atoms with van der Waals surface area (Å²) in [5, 5.41) is 0. The molecular formula is C35H46NO8. The molecule has 0 unspecified atom stereocenters. The lowest BCUT2D eigenvalue weighted by Gasteiger charge is -2.32. The second-order valence-corrected chi connectivity index (χ2v) is 13.0. The van der Waals surface area contributed by atoms with Crippen molar-refractivity contribution in [3.05, 3.63) is 65.8 Å². The minimum atomic E-state index is -0.615. The number of cyclic esters (lactones) is 1. The van der Waals surface area contributed by atoms with Gasteiger partial charge in [0.2, 0.25) is 0 Å². The molecule has 0 amide bonds. The number of hydrogen-bond acceptors (Lipinski definition) is 9. The largest absolute Gasteiger partial charge is 0.462 e. The van der Waals surface area contributed by atoms with Gasteiger partial charge in [-0.2, -0.15) is 0 Å². The van der Waals surface area contributed by atoms with E-state index >= 15 is 0 Å². The molecule has 1 aromatic rings.